The highest BCUT2D eigenvalue weighted by Gasteiger charge is 2.09. The van der Waals surface area contributed by atoms with Crippen LogP contribution in [0.5, 0.6) is 0 Å². The zero-order chi connectivity index (χ0) is 14.8. The van der Waals surface area contributed by atoms with Gasteiger partial charge in [-0.2, -0.15) is 0 Å². The monoisotopic (exact) mass is 295 g/mol. The first-order chi connectivity index (χ1) is 9.33. The van der Waals surface area contributed by atoms with Crippen LogP contribution in [0.2, 0.25) is 0 Å². The summed E-state index contributed by atoms with van der Waals surface area (Å²) in [6, 6.07) is 7.61. The quantitative estimate of drug-likeness (QED) is 0.892. The van der Waals surface area contributed by atoms with Crippen LogP contribution in [0.3, 0.4) is 0 Å². The minimum Gasteiger partial charge on any atom is -0.338 e. The van der Waals surface area contributed by atoms with Gasteiger partial charge in [0, 0.05) is 17.3 Å². The molecule has 0 atom stereocenters. The average molecular weight is 295 g/mol. The molecule has 0 saturated carbocycles. The van der Waals surface area contributed by atoms with Gasteiger partial charge in [0.25, 0.3) is 5.91 Å². The molecule has 1 aromatic heterocycles. The molecule has 0 fully saturated rings. The molecule has 0 aliphatic heterocycles. The number of nitrogens with zero attached hydrogens (tertiary/aromatic N) is 1. The summed E-state index contributed by atoms with van der Waals surface area (Å²) in [5.74, 6) is -0.113. The first kappa shape index (κ1) is 14.1. The van der Waals surface area contributed by atoms with E-state index in [2.05, 4.69) is 15.2 Å². The lowest BCUT2D eigenvalue weighted by atomic mass is 10.2. The van der Waals surface area contributed by atoms with Gasteiger partial charge in [0.2, 0.25) is 15.9 Å². The van der Waals surface area contributed by atoms with Crippen LogP contribution in [0, 0.1) is 6.92 Å². The van der Waals surface area contributed by atoms with Crippen molar-refractivity contribution in [1.29, 1.82) is 0 Å². The summed E-state index contributed by atoms with van der Waals surface area (Å²) in [5.41, 5.74) is 1.42. The summed E-state index contributed by atoms with van der Waals surface area (Å²) in [5, 5.41) is 6.19. The molecule has 0 aliphatic carbocycles. The molecule has 2 N–H and O–H groups in total. The number of aryl methyl sites for hydroxylation is 1. The Hall–Kier alpha value is -2.35. The second kappa shape index (κ2) is 5.33. The number of amides is 1. The number of carbonyl (C=O) groups is 1. The van der Waals surface area contributed by atoms with Gasteiger partial charge in [-0.3, -0.25) is 14.8 Å². The van der Waals surface area contributed by atoms with E-state index in [0.717, 1.165) is 6.26 Å². The van der Waals surface area contributed by atoms with Gasteiger partial charge < -0.3 is 4.52 Å². The maximum Gasteiger partial charge on any atom is 0.258 e. The van der Waals surface area contributed by atoms with Crippen molar-refractivity contribution in [2.75, 3.05) is 16.3 Å². The van der Waals surface area contributed by atoms with E-state index in [0.29, 0.717) is 16.9 Å². The Morgan fingerprint density at radius 2 is 1.90 bits per heavy atom. The molecule has 0 unspecified atom stereocenters. The van der Waals surface area contributed by atoms with Crippen molar-refractivity contribution in [2.45, 2.75) is 6.92 Å². The highest BCUT2D eigenvalue weighted by Crippen LogP contribution is 2.14. The molecular weight excluding hydrogens is 282 g/mol. The van der Waals surface area contributed by atoms with Gasteiger partial charge in [-0.15, -0.1) is 0 Å². The van der Waals surface area contributed by atoms with Crippen LogP contribution in [0.15, 0.2) is 34.9 Å². The van der Waals surface area contributed by atoms with E-state index in [4.69, 9.17) is 4.52 Å². The van der Waals surface area contributed by atoms with Crippen molar-refractivity contribution >= 4 is 27.5 Å². The Balaban J connectivity index is 2.07. The number of carbonyl (C=O) groups excluding carboxylic acids is 1. The van der Waals surface area contributed by atoms with E-state index < -0.39 is 10.0 Å². The Morgan fingerprint density at radius 3 is 2.40 bits per heavy atom. The van der Waals surface area contributed by atoms with E-state index in [9.17, 15) is 13.2 Å². The fourth-order valence-corrected chi connectivity index (χ4v) is 2.07. The molecule has 8 heteroatoms. The SMILES string of the molecule is Cc1cc(NC(=O)c2ccc(NS(C)(=O)=O)cc2)on1. The van der Waals surface area contributed by atoms with E-state index in [1.165, 1.54) is 24.3 Å². The van der Waals surface area contributed by atoms with Gasteiger partial charge in [-0.1, -0.05) is 5.16 Å². The van der Waals surface area contributed by atoms with Crippen LogP contribution < -0.4 is 10.0 Å². The average Bonchev–Trinajstić information content (AvgIpc) is 2.73. The molecule has 20 heavy (non-hydrogen) atoms. The van der Waals surface area contributed by atoms with Crippen molar-refractivity contribution < 1.29 is 17.7 Å². The first-order valence-corrected chi connectivity index (χ1v) is 7.55. The lowest BCUT2D eigenvalue weighted by Gasteiger charge is -2.05. The number of anilines is 2. The summed E-state index contributed by atoms with van der Waals surface area (Å²) in [6.45, 7) is 1.74. The van der Waals surface area contributed by atoms with Crippen LogP contribution in [-0.2, 0) is 10.0 Å². The third kappa shape index (κ3) is 3.82. The van der Waals surface area contributed by atoms with E-state index in [1.807, 2.05) is 0 Å². The van der Waals surface area contributed by atoms with Crippen molar-refractivity contribution in [3.63, 3.8) is 0 Å². The van der Waals surface area contributed by atoms with Crippen molar-refractivity contribution in [1.82, 2.24) is 5.16 Å². The maximum absolute atomic E-state index is 11.9. The van der Waals surface area contributed by atoms with E-state index in [-0.39, 0.29) is 11.8 Å². The number of rotatable bonds is 4. The van der Waals surface area contributed by atoms with Crippen molar-refractivity contribution in [3.8, 4) is 0 Å². The smallest absolute Gasteiger partial charge is 0.258 e. The molecule has 1 amide bonds. The van der Waals surface area contributed by atoms with Crippen LogP contribution in [0.1, 0.15) is 16.1 Å². The highest BCUT2D eigenvalue weighted by molar-refractivity contribution is 7.92. The molecular formula is C12H13N3O4S. The molecule has 1 aromatic carbocycles. The lowest BCUT2D eigenvalue weighted by Crippen LogP contribution is -2.12. The fraction of sp³-hybridized carbons (Fsp3) is 0.167. The van der Waals surface area contributed by atoms with Crippen LogP contribution in [0.25, 0.3) is 0 Å². The summed E-state index contributed by atoms with van der Waals surface area (Å²) in [6.07, 6.45) is 1.06. The molecule has 0 bridgehead atoms. The van der Waals surface area contributed by atoms with Crippen LogP contribution >= 0.6 is 0 Å². The Labute approximate surface area is 116 Å². The largest absolute Gasteiger partial charge is 0.338 e. The summed E-state index contributed by atoms with van der Waals surface area (Å²) in [4.78, 5) is 11.9. The number of hydrogen-bond acceptors (Lipinski definition) is 5. The standard InChI is InChI=1S/C12H13N3O4S/c1-8-7-11(19-14-8)13-12(16)9-3-5-10(6-4-9)15-20(2,17)18/h3-7,15H,1-2H3,(H,13,16). The summed E-state index contributed by atoms with van der Waals surface area (Å²) >= 11 is 0. The topological polar surface area (TPSA) is 101 Å². The molecule has 2 rings (SSSR count). The van der Waals surface area contributed by atoms with Gasteiger partial charge in [-0.05, 0) is 31.2 Å². The minimum absolute atomic E-state index is 0.255. The van der Waals surface area contributed by atoms with Gasteiger partial charge in [0.15, 0.2) is 0 Å². The Bertz CT molecular complexity index is 719. The van der Waals surface area contributed by atoms with Crippen LogP contribution in [-0.4, -0.2) is 25.7 Å². The second-order valence-electron chi connectivity index (χ2n) is 4.24. The number of aromatic nitrogens is 1. The van der Waals surface area contributed by atoms with Crippen molar-refractivity contribution in [2.24, 2.45) is 0 Å². The molecule has 106 valence electrons. The summed E-state index contributed by atoms with van der Waals surface area (Å²) in [7, 11) is -3.33. The zero-order valence-corrected chi connectivity index (χ0v) is 11.7. The number of nitrogens with one attached hydrogen (secondary N) is 2. The predicted molar refractivity (Wildman–Crippen MR) is 74.1 cm³/mol. The van der Waals surface area contributed by atoms with Gasteiger partial charge >= 0.3 is 0 Å². The first-order valence-electron chi connectivity index (χ1n) is 5.66. The van der Waals surface area contributed by atoms with Crippen LogP contribution in [0.4, 0.5) is 11.6 Å². The molecule has 7 nitrogen and oxygen atoms in total. The highest BCUT2D eigenvalue weighted by atomic mass is 32.2. The normalized spacial score (nSPS) is 11.1. The molecule has 0 spiro atoms. The number of sulfonamides is 1. The third-order valence-corrected chi connectivity index (χ3v) is 2.92. The summed E-state index contributed by atoms with van der Waals surface area (Å²) < 4.78 is 29.3. The van der Waals surface area contributed by atoms with Gasteiger partial charge in [-0.25, -0.2) is 8.42 Å². The van der Waals surface area contributed by atoms with Gasteiger partial charge in [0.1, 0.15) is 0 Å². The predicted octanol–water partition coefficient (Wildman–Crippen LogP) is 1.61. The molecule has 0 saturated heterocycles. The zero-order valence-electron chi connectivity index (χ0n) is 10.9. The Morgan fingerprint density at radius 1 is 1.25 bits per heavy atom. The molecule has 2 aromatic rings. The minimum atomic E-state index is -3.33. The number of benzene rings is 1. The third-order valence-electron chi connectivity index (χ3n) is 2.32. The Kier molecular flexibility index (Phi) is 3.75. The fourth-order valence-electron chi connectivity index (χ4n) is 1.51. The molecule has 0 radical (unpaired) electrons. The molecule has 0 aliphatic rings. The molecule has 1 heterocycles. The second-order valence-corrected chi connectivity index (χ2v) is 5.99. The maximum atomic E-state index is 11.9. The van der Waals surface area contributed by atoms with Gasteiger partial charge in [0.05, 0.1) is 11.9 Å². The lowest BCUT2D eigenvalue weighted by molar-refractivity contribution is 0.102. The van der Waals surface area contributed by atoms with E-state index in [1.54, 1.807) is 13.0 Å². The van der Waals surface area contributed by atoms with E-state index >= 15 is 0 Å². The van der Waals surface area contributed by atoms with Crippen molar-refractivity contribution in [3.05, 3.63) is 41.6 Å². The number of hydrogen-bond donors (Lipinski definition) is 2.